The third kappa shape index (κ3) is 4.59. The Hall–Kier alpha value is -1.49. The Labute approximate surface area is 117 Å². The van der Waals surface area contributed by atoms with E-state index < -0.39 is 5.82 Å². The number of hydrogen-bond donors (Lipinski definition) is 1. The van der Waals surface area contributed by atoms with Gasteiger partial charge < -0.3 is 4.18 Å². The van der Waals surface area contributed by atoms with Crippen molar-refractivity contribution in [2.24, 2.45) is 11.8 Å². The summed E-state index contributed by atoms with van der Waals surface area (Å²) < 4.78 is 20.7. The molecule has 1 amide bonds. The van der Waals surface area contributed by atoms with Gasteiger partial charge in [-0.1, -0.05) is 32.1 Å². The number of hydrogen-bond acceptors (Lipinski definition) is 3. The van der Waals surface area contributed by atoms with Crippen LogP contribution < -0.4 is 8.91 Å². The fraction of sp³-hybridized carbons (Fsp3) is 0.357. The Morgan fingerprint density at radius 1 is 1.53 bits per heavy atom. The van der Waals surface area contributed by atoms with Gasteiger partial charge in [-0.2, -0.15) is 0 Å². The highest BCUT2D eigenvalue weighted by Gasteiger charge is 2.40. The van der Waals surface area contributed by atoms with Crippen molar-refractivity contribution in [2.75, 3.05) is 0 Å². The fourth-order valence-corrected chi connectivity index (χ4v) is 1.97. The molecular weight excluding hydrogens is 265 g/mol. The first-order chi connectivity index (χ1) is 9.22. The van der Waals surface area contributed by atoms with Crippen molar-refractivity contribution in [3.8, 4) is 5.75 Å². The Bertz CT molecular complexity index is 439. The van der Waals surface area contributed by atoms with Gasteiger partial charge in [0.1, 0.15) is 0 Å². The molecule has 1 aromatic rings. The standard InChI is InChI=1S/C12H12FNO2S.C2H6/c1-2-8-7-9(8)12(15)14-17-16-11-6-4-3-5-10(11)13;1-2/h2-6,8-9H,1,7H2,(H,14,15);1-2H3/t8-,9+;/m1./s1. The highest BCUT2D eigenvalue weighted by Crippen LogP contribution is 2.39. The van der Waals surface area contributed by atoms with Gasteiger partial charge in [0.15, 0.2) is 23.8 Å². The maximum Gasteiger partial charge on any atom is 0.236 e. The Kier molecular flexibility index (Phi) is 6.42. The summed E-state index contributed by atoms with van der Waals surface area (Å²) in [6.07, 6.45) is 2.60. The number of allylic oxidation sites excluding steroid dienone is 1. The number of benzene rings is 1. The molecule has 0 aliphatic heterocycles. The van der Waals surface area contributed by atoms with Crippen LogP contribution in [-0.4, -0.2) is 5.91 Å². The fourth-order valence-electron chi connectivity index (χ4n) is 1.47. The Morgan fingerprint density at radius 2 is 2.21 bits per heavy atom. The molecule has 0 spiro atoms. The summed E-state index contributed by atoms with van der Waals surface area (Å²) in [5.74, 6) is -0.192. The van der Waals surface area contributed by atoms with Crippen LogP contribution >= 0.6 is 12.2 Å². The van der Waals surface area contributed by atoms with Crippen LogP contribution in [0.3, 0.4) is 0 Å². The number of rotatable bonds is 5. The minimum absolute atomic E-state index is 0.00998. The van der Waals surface area contributed by atoms with Crippen LogP contribution in [-0.2, 0) is 4.79 Å². The van der Waals surface area contributed by atoms with Crippen molar-refractivity contribution in [1.29, 1.82) is 0 Å². The van der Waals surface area contributed by atoms with E-state index in [2.05, 4.69) is 11.3 Å². The third-order valence-corrected chi connectivity index (χ3v) is 3.14. The molecule has 0 bridgehead atoms. The average Bonchev–Trinajstić information content (AvgIpc) is 3.23. The van der Waals surface area contributed by atoms with Gasteiger partial charge in [-0.05, 0) is 24.5 Å². The van der Waals surface area contributed by atoms with E-state index in [1.165, 1.54) is 12.1 Å². The number of nitrogens with one attached hydrogen (secondary N) is 1. The molecule has 2 rings (SSSR count). The molecule has 104 valence electrons. The lowest BCUT2D eigenvalue weighted by Crippen LogP contribution is -2.19. The van der Waals surface area contributed by atoms with Gasteiger partial charge in [0.2, 0.25) is 5.91 Å². The SMILES string of the molecule is C=C[C@@H]1C[C@@H]1C(=O)NSOc1ccccc1F.CC. The van der Waals surface area contributed by atoms with Gasteiger partial charge in [-0.3, -0.25) is 9.52 Å². The van der Waals surface area contributed by atoms with Crippen molar-refractivity contribution in [3.63, 3.8) is 0 Å². The smallest absolute Gasteiger partial charge is 0.236 e. The van der Waals surface area contributed by atoms with E-state index >= 15 is 0 Å². The molecule has 1 aliphatic rings. The normalized spacial score (nSPS) is 19.7. The molecule has 0 aromatic heterocycles. The second-order valence-corrected chi connectivity index (χ2v) is 4.34. The van der Waals surface area contributed by atoms with Gasteiger partial charge in [-0.15, -0.1) is 6.58 Å². The van der Waals surface area contributed by atoms with Gasteiger partial charge in [-0.25, -0.2) is 4.39 Å². The van der Waals surface area contributed by atoms with Crippen molar-refractivity contribution in [1.82, 2.24) is 4.72 Å². The van der Waals surface area contributed by atoms with E-state index in [0.29, 0.717) is 0 Å². The highest BCUT2D eigenvalue weighted by molar-refractivity contribution is 7.93. The summed E-state index contributed by atoms with van der Waals surface area (Å²) in [5.41, 5.74) is 0. The van der Waals surface area contributed by atoms with Crippen LogP contribution in [0.15, 0.2) is 36.9 Å². The van der Waals surface area contributed by atoms with Gasteiger partial charge in [0, 0.05) is 5.92 Å². The number of carbonyl (C=O) groups excluding carboxylic acids is 1. The monoisotopic (exact) mass is 283 g/mol. The molecule has 0 saturated heterocycles. The molecule has 0 unspecified atom stereocenters. The predicted molar refractivity (Wildman–Crippen MR) is 75.9 cm³/mol. The lowest BCUT2D eigenvalue weighted by molar-refractivity contribution is -0.120. The first kappa shape index (κ1) is 15.6. The zero-order valence-corrected chi connectivity index (χ0v) is 11.9. The van der Waals surface area contributed by atoms with Crippen LogP contribution in [0.2, 0.25) is 0 Å². The molecule has 3 nitrogen and oxygen atoms in total. The van der Waals surface area contributed by atoms with Crippen LogP contribution in [0.25, 0.3) is 0 Å². The summed E-state index contributed by atoms with van der Waals surface area (Å²) in [5, 5.41) is 0. The third-order valence-electron chi connectivity index (χ3n) is 2.59. The largest absolute Gasteiger partial charge is 0.402 e. The molecule has 2 atom stereocenters. The molecule has 0 heterocycles. The van der Waals surface area contributed by atoms with Gasteiger partial charge in [0.25, 0.3) is 0 Å². The topological polar surface area (TPSA) is 38.3 Å². The molecule has 5 heteroatoms. The molecule has 1 fully saturated rings. The molecule has 19 heavy (non-hydrogen) atoms. The van der Waals surface area contributed by atoms with Crippen molar-refractivity contribution in [3.05, 3.63) is 42.7 Å². The Morgan fingerprint density at radius 3 is 2.79 bits per heavy atom. The quantitative estimate of drug-likeness (QED) is 0.508. The molecule has 1 aliphatic carbocycles. The summed E-state index contributed by atoms with van der Waals surface area (Å²) >= 11 is 0.736. The van der Waals surface area contributed by atoms with Crippen molar-refractivity contribution >= 4 is 18.1 Å². The van der Waals surface area contributed by atoms with Gasteiger partial charge in [0.05, 0.1) is 0 Å². The summed E-state index contributed by atoms with van der Waals surface area (Å²) in [6, 6.07) is 6.03. The zero-order chi connectivity index (χ0) is 14.3. The number of halogens is 1. The highest BCUT2D eigenvalue weighted by atomic mass is 32.2. The second kappa shape index (κ2) is 7.84. The van der Waals surface area contributed by atoms with E-state index in [1.807, 2.05) is 13.8 Å². The minimum Gasteiger partial charge on any atom is -0.402 e. The van der Waals surface area contributed by atoms with E-state index in [0.717, 1.165) is 18.6 Å². The zero-order valence-electron chi connectivity index (χ0n) is 11.1. The number of carbonyl (C=O) groups is 1. The molecule has 1 aromatic carbocycles. The summed E-state index contributed by atoms with van der Waals surface area (Å²) in [7, 11) is 0. The van der Waals surface area contributed by atoms with Gasteiger partial charge >= 0.3 is 0 Å². The molecule has 0 radical (unpaired) electrons. The molecular formula is C14H18FNO2S. The van der Waals surface area contributed by atoms with E-state index in [1.54, 1.807) is 18.2 Å². The maximum absolute atomic E-state index is 13.1. The molecule has 1 N–H and O–H groups in total. The first-order valence-corrected chi connectivity index (χ1v) is 6.97. The van der Waals surface area contributed by atoms with Crippen LogP contribution in [0.4, 0.5) is 4.39 Å². The van der Waals surface area contributed by atoms with Crippen LogP contribution in [0.5, 0.6) is 5.75 Å². The lowest BCUT2D eigenvalue weighted by atomic mass is 10.3. The van der Waals surface area contributed by atoms with E-state index in [9.17, 15) is 9.18 Å². The number of para-hydroxylation sites is 1. The van der Waals surface area contributed by atoms with E-state index in [4.69, 9.17) is 4.18 Å². The molecule has 1 saturated carbocycles. The minimum atomic E-state index is -0.454. The average molecular weight is 283 g/mol. The summed E-state index contributed by atoms with van der Waals surface area (Å²) in [6.45, 7) is 7.63. The van der Waals surface area contributed by atoms with Crippen molar-refractivity contribution in [2.45, 2.75) is 20.3 Å². The number of amides is 1. The summed E-state index contributed by atoms with van der Waals surface area (Å²) in [4.78, 5) is 11.5. The first-order valence-electron chi connectivity index (χ1n) is 6.23. The van der Waals surface area contributed by atoms with Crippen LogP contribution in [0, 0.1) is 17.7 Å². The van der Waals surface area contributed by atoms with Crippen molar-refractivity contribution < 1.29 is 13.4 Å². The second-order valence-electron chi connectivity index (χ2n) is 3.81. The Balaban J connectivity index is 0.000000861. The maximum atomic E-state index is 13.1. The predicted octanol–water partition coefficient (Wildman–Crippen LogP) is 3.73. The van der Waals surface area contributed by atoms with E-state index in [-0.39, 0.29) is 23.5 Å². The lowest BCUT2D eigenvalue weighted by Gasteiger charge is -2.05. The van der Waals surface area contributed by atoms with Crippen LogP contribution in [0.1, 0.15) is 20.3 Å².